The molecule has 0 aliphatic carbocycles. The second-order valence-electron chi connectivity index (χ2n) is 5.00. The number of hydrogen-bond donors (Lipinski definition) is 1. The normalized spacial score (nSPS) is 11.5. The van der Waals surface area contributed by atoms with Gasteiger partial charge in [0.1, 0.15) is 9.96 Å². The molecule has 0 spiro atoms. The standard InChI is InChI=1S/C15H14BrN3O3S2/c1-10-7-19(9-17-10)13-4-3-12(6-14(13)22-2)18-24(20,21)15-5-11(16)8-23-15/h3-9,18H,1-2H3. The number of anilines is 1. The summed E-state index contributed by atoms with van der Waals surface area (Å²) < 4.78 is 35.5. The summed E-state index contributed by atoms with van der Waals surface area (Å²) in [5, 5.41) is 1.72. The van der Waals surface area contributed by atoms with Gasteiger partial charge in [0.2, 0.25) is 0 Å². The van der Waals surface area contributed by atoms with E-state index >= 15 is 0 Å². The lowest BCUT2D eigenvalue weighted by Gasteiger charge is -2.12. The third-order valence-corrected chi connectivity index (χ3v) is 6.81. The summed E-state index contributed by atoms with van der Waals surface area (Å²) in [6.45, 7) is 1.89. The minimum absolute atomic E-state index is 0.239. The lowest BCUT2D eigenvalue weighted by molar-refractivity contribution is 0.413. The van der Waals surface area contributed by atoms with Gasteiger partial charge in [-0.25, -0.2) is 13.4 Å². The van der Waals surface area contributed by atoms with Crippen LogP contribution < -0.4 is 9.46 Å². The van der Waals surface area contributed by atoms with Crippen molar-refractivity contribution in [1.82, 2.24) is 9.55 Å². The first-order chi connectivity index (χ1) is 11.4. The molecule has 0 radical (unpaired) electrons. The summed E-state index contributed by atoms with van der Waals surface area (Å²) in [4.78, 5) is 4.19. The minimum atomic E-state index is -3.63. The molecule has 0 saturated heterocycles. The van der Waals surface area contributed by atoms with E-state index in [2.05, 4.69) is 25.6 Å². The van der Waals surface area contributed by atoms with Crippen molar-refractivity contribution in [3.63, 3.8) is 0 Å². The van der Waals surface area contributed by atoms with E-state index < -0.39 is 10.0 Å². The Labute approximate surface area is 152 Å². The second kappa shape index (κ2) is 6.58. The molecule has 0 bridgehead atoms. The second-order valence-corrected chi connectivity index (χ2v) is 8.73. The average molecular weight is 428 g/mol. The van der Waals surface area contributed by atoms with Crippen molar-refractivity contribution in [1.29, 1.82) is 0 Å². The molecule has 0 saturated carbocycles. The first-order valence-electron chi connectivity index (χ1n) is 6.85. The molecular formula is C15H14BrN3O3S2. The van der Waals surface area contributed by atoms with Gasteiger partial charge < -0.3 is 9.30 Å². The Kier molecular flexibility index (Phi) is 4.66. The number of nitrogens with zero attached hydrogens (tertiary/aromatic N) is 2. The maximum Gasteiger partial charge on any atom is 0.271 e. The van der Waals surface area contributed by atoms with E-state index in [0.717, 1.165) is 27.2 Å². The number of methoxy groups -OCH3 is 1. The van der Waals surface area contributed by atoms with Crippen LogP contribution in [0.4, 0.5) is 5.69 Å². The summed E-state index contributed by atoms with van der Waals surface area (Å²) >= 11 is 4.41. The van der Waals surface area contributed by atoms with Crippen molar-refractivity contribution in [3.8, 4) is 11.4 Å². The SMILES string of the molecule is COc1cc(NS(=O)(=O)c2cc(Br)cs2)ccc1-n1cnc(C)c1. The highest BCUT2D eigenvalue weighted by atomic mass is 79.9. The quantitative estimate of drug-likeness (QED) is 0.671. The molecule has 126 valence electrons. The predicted molar refractivity (Wildman–Crippen MR) is 97.7 cm³/mol. The lowest BCUT2D eigenvalue weighted by Crippen LogP contribution is -2.11. The number of halogens is 1. The van der Waals surface area contributed by atoms with Crippen molar-refractivity contribution in [2.75, 3.05) is 11.8 Å². The molecule has 3 aromatic rings. The Morgan fingerprint density at radius 1 is 1.33 bits per heavy atom. The highest BCUT2D eigenvalue weighted by Gasteiger charge is 2.17. The van der Waals surface area contributed by atoms with Crippen molar-refractivity contribution in [2.24, 2.45) is 0 Å². The fourth-order valence-electron chi connectivity index (χ4n) is 2.15. The molecule has 9 heteroatoms. The lowest BCUT2D eigenvalue weighted by atomic mass is 10.2. The molecule has 1 N–H and O–H groups in total. The van der Waals surface area contributed by atoms with Crippen LogP contribution in [0.5, 0.6) is 5.75 Å². The van der Waals surface area contributed by atoms with Gasteiger partial charge in [0.05, 0.1) is 30.5 Å². The van der Waals surface area contributed by atoms with Crippen molar-refractivity contribution < 1.29 is 13.2 Å². The van der Waals surface area contributed by atoms with Gasteiger partial charge in [0.25, 0.3) is 10.0 Å². The van der Waals surface area contributed by atoms with Crippen LogP contribution in [-0.2, 0) is 10.0 Å². The van der Waals surface area contributed by atoms with Gasteiger partial charge in [-0.05, 0) is 41.1 Å². The van der Waals surface area contributed by atoms with Gasteiger partial charge in [0, 0.05) is 22.1 Å². The number of rotatable bonds is 5. The van der Waals surface area contributed by atoms with Crippen molar-refractivity contribution >= 4 is 43.0 Å². The van der Waals surface area contributed by atoms with Crippen molar-refractivity contribution in [2.45, 2.75) is 11.1 Å². The monoisotopic (exact) mass is 427 g/mol. The van der Waals surface area contributed by atoms with Crippen LogP contribution in [0.15, 0.2) is 50.9 Å². The highest BCUT2D eigenvalue weighted by molar-refractivity contribution is 9.10. The van der Waals surface area contributed by atoms with E-state index in [0.29, 0.717) is 11.4 Å². The van der Waals surface area contributed by atoms with Gasteiger partial charge in [0.15, 0.2) is 0 Å². The predicted octanol–water partition coefficient (Wildman–Crippen LogP) is 3.81. The number of benzene rings is 1. The van der Waals surface area contributed by atoms with Crippen LogP contribution in [0.25, 0.3) is 5.69 Å². The molecule has 1 aromatic carbocycles. The molecule has 0 unspecified atom stereocenters. The maximum absolute atomic E-state index is 12.4. The molecular weight excluding hydrogens is 414 g/mol. The van der Waals surface area contributed by atoms with Crippen LogP contribution in [0.2, 0.25) is 0 Å². The summed E-state index contributed by atoms with van der Waals surface area (Å²) in [7, 11) is -2.09. The van der Waals surface area contributed by atoms with Gasteiger partial charge >= 0.3 is 0 Å². The zero-order valence-electron chi connectivity index (χ0n) is 12.9. The smallest absolute Gasteiger partial charge is 0.271 e. The number of sulfonamides is 1. The molecule has 0 aliphatic rings. The topological polar surface area (TPSA) is 73.2 Å². The van der Waals surface area contributed by atoms with E-state index in [1.165, 1.54) is 7.11 Å². The molecule has 0 atom stereocenters. The van der Waals surface area contributed by atoms with E-state index in [1.807, 2.05) is 17.7 Å². The molecule has 3 rings (SSSR count). The van der Waals surface area contributed by atoms with E-state index in [4.69, 9.17) is 4.74 Å². The Hall–Kier alpha value is -1.84. The third kappa shape index (κ3) is 3.47. The Balaban J connectivity index is 1.93. The fourth-order valence-corrected chi connectivity index (χ4v) is 5.05. The van der Waals surface area contributed by atoms with Crippen LogP contribution >= 0.6 is 27.3 Å². The molecule has 2 aromatic heterocycles. The zero-order valence-corrected chi connectivity index (χ0v) is 16.1. The summed E-state index contributed by atoms with van der Waals surface area (Å²) in [5.74, 6) is 0.542. The number of ether oxygens (including phenoxy) is 1. The van der Waals surface area contributed by atoms with E-state index in [9.17, 15) is 8.42 Å². The first kappa shape index (κ1) is 17.0. The van der Waals surface area contributed by atoms with Crippen LogP contribution in [0, 0.1) is 6.92 Å². The van der Waals surface area contributed by atoms with Crippen LogP contribution in [-0.4, -0.2) is 25.1 Å². The van der Waals surface area contributed by atoms with Gasteiger partial charge in [-0.1, -0.05) is 0 Å². The van der Waals surface area contributed by atoms with Gasteiger partial charge in [-0.15, -0.1) is 11.3 Å². The maximum atomic E-state index is 12.4. The van der Waals surface area contributed by atoms with Crippen LogP contribution in [0.1, 0.15) is 5.69 Å². The minimum Gasteiger partial charge on any atom is -0.494 e. The summed E-state index contributed by atoms with van der Waals surface area (Å²) in [5.41, 5.74) is 2.09. The average Bonchev–Trinajstić information content (AvgIpc) is 3.16. The number of aryl methyl sites for hydroxylation is 1. The highest BCUT2D eigenvalue weighted by Crippen LogP contribution is 2.30. The Bertz CT molecular complexity index is 980. The number of aromatic nitrogens is 2. The molecule has 2 heterocycles. The first-order valence-corrected chi connectivity index (χ1v) is 10.0. The molecule has 0 fully saturated rings. The molecule has 0 aliphatic heterocycles. The Morgan fingerprint density at radius 3 is 2.71 bits per heavy atom. The summed E-state index contributed by atoms with van der Waals surface area (Å²) in [6, 6.07) is 6.67. The Morgan fingerprint density at radius 2 is 2.12 bits per heavy atom. The number of nitrogens with one attached hydrogen (secondary N) is 1. The molecule has 0 amide bonds. The van der Waals surface area contributed by atoms with Crippen LogP contribution in [0.3, 0.4) is 0 Å². The number of thiophene rings is 1. The summed E-state index contributed by atoms with van der Waals surface area (Å²) in [6.07, 6.45) is 3.55. The largest absolute Gasteiger partial charge is 0.494 e. The number of imidazole rings is 1. The number of hydrogen-bond acceptors (Lipinski definition) is 5. The third-order valence-electron chi connectivity index (χ3n) is 3.23. The van der Waals surface area contributed by atoms with E-state index in [1.54, 1.807) is 36.0 Å². The van der Waals surface area contributed by atoms with Gasteiger partial charge in [-0.2, -0.15) is 0 Å². The molecule has 6 nitrogen and oxygen atoms in total. The van der Waals surface area contributed by atoms with E-state index in [-0.39, 0.29) is 4.21 Å². The molecule has 24 heavy (non-hydrogen) atoms. The van der Waals surface area contributed by atoms with Crippen molar-refractivity contribution in [3.05, 3.63) is 52.3 Å². The fraction of sp³-hybridized carbons (Fsp3) is 0.133. The van der Waals surface area contributed by atoms with Gasteiger partial charge in [-0.3, -0.25) is 4.72 Å². The zero-order chi connectivity index (χ0) is 17.3.